The highest BCUT2D eigenvalue weighted by Crippen LogP contribution is 2.24. The van der Waals surface area contributed by atoms with E-state index in [1.54, 1.807) is 23.4 Å². The third kappa shape index (κ3) is 5.61. The fourth-order valence-corrected chi connectivity index (χ4v) is 3.96. The molecule has 0 radical (unpaired) electrons. The Balaban J connectivity index is 1.20. The van der Waals surface area contributed by atoms with E-state index in [2.05, 4.69) is 20.8 Å². The number of furan rings is 1. The van der Waals surface area contributed by atoms with Gasteiger partial charge in [0.15, 0.2) is 0 Å². The second kappa shape index (κ2) is 10.4. The summed E-state index contributed by atoms with van der Waals surface area (Å²) in [4.78, 5) is 0. The highest BCUT2D eigenvalue weighted by molar-refractivity contribution is 7.99. The van der Waals surface area contributed by atoms with Crippen molar-refractivity contribution >= 4 is 11.8 Å². The third-order valence-electron chi connectivity index (χ3n) is 4.81. The summed E-state index contributed by atoms with van der Waals surface area (Å²) in [6.45, 7) is 3.31. The van der Waals surface area contributed by atoms with E-state index in [0.29, 0.717) is 6.54 Å². The minimum Gasteiger partial charge on any atom is -0.460 e. The van der Waals surface area contributed by atoms with Gasteiger partial charge in [0.1, 0.15) is 11.5 Å². The zero-order chi connectivity index (χ0) is 21.5. The molecule has 2 N–H and O–H groups in total. The molecule has 0 saturated carbocycles. The van der Waals surface area contributed by atoms with Crippen molar-refractivity contribution in [3.63, 3.8) is 0 Å². The Bertz CT molecular complexity index is 1080. The molecule has 160 valence electrons. The number of aromatic nitrogens is 4. The van der Waals surface area contributed by atoms with Crippen LogP contribution < -0.4 is 5.32 Å². The summed E-state index contributed by atoms with van der Waals surface area (Å²) in [5.41, 5.74) is 2.86. The molecule has 0 amide bonds. The van der Waals surface area contributed by atoms with Crippen LogP contribution in [0, 0.1) is 0 Å². The Morgan fingerprint density at radius 1 is 1.06 bits per heavy atom. The second-order valence-corrected chi connectivity index (χ2v) is 8.21. The van der Waals surface area contributed by atoms with E-state index in [-0.39, 0.29) is 0 Å². The molecule has 0 saturated heterocycles. The Hall–Kier alpha value is -2.94. The van der Waals surface area contributed by atoms with Crippen LogP contribution in [0.2, 0.25) is 0 Å². The van der Waals surface area contributed by atoms with Crippen LogP contribution in [0.15, 0.2) is 76.3 Å². The van der Waals surface area contributed by atoms with Crippen molar-refractivity contribution in [3.8, 4) is 17.0 Å². The number of rotatable bonds is 10. The molecule has 2 aromatic heterocycles. The lowest BCUT2D eigenvalue weighted by atomic mass is 10.1. The van der Waals surface area contributed by atoms with E-state index in [4.69, 9.17) is 4.42 Å². The number of aliphatic hydroxyl groups excluding tert-OH is 1. The van der Waals surface area contributed by atoms with Crippen LogP contribution in [0.1, 0.15) is 30.8 Å². The van der Waals surface area contributed by atoms with Gasteiger partial charge < -0.3 is 14.8 Å². The molecule has 7 nitrogen and oxygen atoms in total. The summed E-state index contributed by atoms with van der Waals surface area (Å²) in [6.07, 6.45) is 0.523. The summed E-state index contributed by atoms with van der Waals surface area (Å²) in [5, 5.41) is 25.8. The van der Waals surface area contributed by atoms with Crippen LogP contribution in [0.25, 0.3) is 17.0 Å². The normalized spacial score (nSPS) is 12.2. The predicted molar refractivity (Wildman–Crippen MR) is 121 cm³/mol. The first-order valence-electron chi connectivity index (χ1n) is 10.2. The number of aliphatic hydroxyl groups is 1. The molecule has 0 aliphatic rings. The van der Waals surface area contributed by atoms with Crippen molar-refractivity contribution in [2.24, 2.45) is 0 Å². The molecule has 4 rings (SSSR count). The predicted octanol–water partition coefficient (Wildman–Crippen LogP) is 4.25. The van der Waals surface area contributed by atoms with Crippen LogP contribution in [-0.2, 0) is 6.54 Å². The zero-order valence-electron chi connectivity index (χ0n) is 17.3. The number of nitrogens with zero attached hydrogens (tertiary/aromatic N) is 4. The number of hydrogen-bond donors (Lipinski definition) is 2. The minimum absolute atomic E-state index is 0.463. The fourth-order valence-electron chi connectivity index (χ4n) is 3.13. The number of nitrogens with one attached hydrogen (secondary N) is 1. The van der Waals surface area contributed by atoms with Gasteiger partial charge in [0.25, 0.3) is 0 Å². The van der Waals surface area contributed by atoms with Gasteiger partial charge in [-0.2, -0.15) is 4.68 Å². The van der Waals surface area contributed by atoms with E-state index in [1.165, 1.54) is 0 Å². The molecule has 0 aliphatic heterocycles. The van der Waals surface area contributed by atoms with Gasteiger partial charge in [-0.1, -0.05) is 54.2 Å². The van der Waals surface area contributed by atoms with E-state index in [9.17, 15) is 5.11 Å². The summed E-state index contributed by atoms with van der Waals surface area (Å²) < 4.78 is 7.70. The zero-order valence-corrected chi connectivity index (χ0v) is 18.1. The van der Waals surface area contributed by atoms with Crippen molar-refractivity contribution in [2.75, 3.05) is 12.3 Å². The standard InChI is InChI=1S/C23H25N5O2S/c1-17(29)18-8-10-19(11-9-18)22-13-12-21(30-22)16-24-14-5-15-31-23-25-26-27-28(23)20-6-3-2-4-7-20/h2-4,6-13,17,24,29H,5,14-16H2,1H3/t17-/m0/s1. The van der Waals surface area contributed by atoms with Crippen molar-refractivity contribution in [1.82, 2.24) is 25.5 Å². The van der Waals surface area contributed by atoms with Gasteiger partial charge in [-0.15, -0.1) is 5.10 Å². The van der Waals surface area contributed by atoms with Crippen LogP contribution in [0.5, 0.6) is 0 Å². The van der Waals surface area contributed by atoms with Gasteiger partial charge in [-0.25, -0.2) is 0 Å². The van der Waals surface area contributed by atoms with E-state index >= 15 is 0 Å². The SMILES string of the molecule is C[C@H](O)c1ccc(-c2ccc(CNCCCSc3nnnn3-c3ccccc3)o2)cc1. The van der Waals surface area contributed by atoms with Crippen molar-refractivity contribution in [3.05, 3.63) is 78.1 Å². The molecule has 0 spiro atoms. The molecule has 0 aliphatic carbocycles. The number of para-hydroxylation sites is 1. The first kappa shape index (κ1) is 21.3. The molecule has 0 bridgehead atoms. The highest BCUT2D eigenvalue weighted by Gasteiger charge is 2.09. The van der Waals surface area contributed by atoms with Gasteiger partial charge >= 0.3 is 0 Å². The monoisotopic (exact) mass is 435 g/mol. The highest BCUT2D eigenvalue weighted by atomic mass is 32.2. The fraction of sp³-hybridized carbons (Fsp3) is 0.261. The summed E-state index contributed by atoms with van der Waals surface area (Å²) in [5.74, 6) is 2.65. The van der Waals surface area contributed by atoms with Crippen molar-refractivity contribution < 1.29 is 9.52 Å². The lowest BCUT2D eigenvalue weighted by Gasteiger charge is -2.05. The first-order valence-corrected chi connectivity index (χ1v) is 11.2. The largest absolute Gasteiger partial charge is 0.460 e. The molecular formula is C23H25N5O2S. The third-order valence-corrected chi connectivity index (χ3v) is 5.81. The molecule has 2 heterocycles. The molecule has 4 aromatic rings. The number of benzene rings is 2. The van der Waals surface area contributed by atoms with Crippen LogP contribution in [-0.4, -0.2) is 37.6 Å². The van der Waals surface area contributed by atoms with Crippen molar-refractivity contribution in [2.45, 2.75) is 31.1 Å². The Morgan fingerprint density at radius 3 is 2.65 bits per heavy atom. The maximum Gasteiger partial charge on any atom is 0.214 e. The molecular weight excluding hydrogens is 410 g/mol. The van der Waals surface area contributed by atoms with Gasteiger partial charge in [0, 0.05) is 11.3 Å². The molecule has 8 heteroatoms. The smallest absolute Gasteiger partial charge is 0.214 e. The van der Waals surface area contributed by atoms with Crippen LogP contribution in [0.4, 0.5) is 0 Å². The maximum absolute atomic E-state index is 9.62. The minimum atomic E-state index is -0.463. The van der Waals surface area contributed by atoms with Crippen LogP contribution >= 0.6 is 11.8 Å². The molecule has 0 fully saturated rings. The topological polar surface area (TPSA) is 89.0 Å². The Labute approximate surface area is 185 Å². The number of thioether (sulfide) groups is 1. The maximum atomic E-state index is 9.62. The van der Waals surface area contributed by atoms with Crippen molar-refractivity contribution in [1.29, 1.82) is 0 Å². The Kier molecular flexibility index (Phi) is 7.14. The number of tetrazole rings is 1. The van der Waals surface area contributed by atoms with E-state index < -0.39 is 6.10 Å². The lowest BCUT2D eigenvalue weighted by Crippen LogP contribution is -2.14. The molecule has 2 aromatic carbocycles. The molecule has 1 atom stereocenters. The summed E-state index contributed by atoms with van der Waals surface area (Å²) in [7, 11) is 0. The van der Waals surface area contributed by atoms with Gasteiger partial charge in [-0.05, 0) is 60.1 Å². The van der Waals surface area contributed by atoms with Crippen LogP contribution in [0.3, 0.4) is 0 Å². The summed E-state index contributed by atoms with van der Waals surface area (Å²) >= 11 is 1.64. The van der Waals surface area contributed by atoms with Gasteiger partial charge in [0.05, 0.1) is 18.3 Å². The number of hydrogen-bond acceptors (Lipinski definition) is 7. The van der Waals surface area contributed by atoms with E-state index in [1.807, 2.05) is 66.7 Å². The molecule has 31 heavy (non-hydrogen) atoms. The quantitative estimate of drug-likeness (QED) is 0.284. The lowest BCUT2D eigenvalue weighted by molar-refractivity contribution is 0.199. The second-order valence-electron chi connectivity index (χ2n) is 7.15. The average Bonchev–Trinajstić information content (AvgIpc) is 3.46. The van der Waals surface area contributed by atoms with E-state index in [0.717, 1.165) is 52.2 Å². The van der Waals surface area contributed by atoms with Gasteiger partial charge in [0.2, 0.25) is 5.16 Å². The Morgan fingerprint density at radius 2 is 1.87 bits per heavy atom. The first-order chi connectivity index (χ1) is 15.2. The van der Waals surface area contributed by atoms with Gasteiger partial charge in [-0.3, -0.25) is 0 Å². The summed E-state index contributed by atoms with van der Waals surface area (Å²) in [6, 6.07) is 21.7. The average molecular weight is 436 g/mol. The molecule has 0 unspecified atom stereocenters.